The Morgan fingerprint density at radius 2 is 1.52 bits per heavy atom. The van der Waals surface area contributed by atoms with Gasteiger partial charge < -0.3 is 47.7 Å². The Bertz CT molecular complexity index is 3660. The highest BCUT2D eigenvalue weighted by molar-refractivity contribution is 7.86. The Labute approximate surface area is 506 Å². The number of phenols is 1. The number of phenolic OH excluding ortho intramolecular Hbond substituents is 1. The predicted molar refractivity (Wildman–Crippen MR) is 321 cm³/mol. The van der Waals surface area contributed by atoms with Crippen LogP contribution < -0.4 is 18.9 Å². The summed E-state index contributed by atoms with van der Waals surface area (Å²) in [6, 6.07) is 25.7. The van der Waals surface area contributed by atoms with Gasteiger partial charge in [-0.25, -0.2) is 29.1 Å². The molecule has 1 N–H and O–H groups in total. The van der Waals surface area contributed by atoms with Gasteiger partial charge in [0.2, 0.25) is 12.0 Å². The van der Waals surface area contributed by atoms with Gasteiger partial charge in [-0.15, -0.1) is 17.9 Å². The lowest BCUT2D eigenvalue weighted by Crippen LogP contribution is -2.32. The number of aromatic nitrogens is 4. The lowest BCUT2D eigenvalue weighted by Gasteiger charge is -2.24. The van der Waals surface area contributed by atoms with Gasteiger partial charge in [0, 0.05) is 35.7 Å². The Morgan fingerprint density at radius 1 is 0.800 bits per heavy atom. The maximum atomic E-state index is 14.6. The number of halogens is 3. The van der Waals surface area contributed by atoms with Crippen molar-refractivity contribution in [2.45, 2.75) is 57.8 Å². The number of rotatable bonds is 32. The van der Waals surface area contributed by atoms with Crippen molar-refractivity contribution in [2.24, 2.45) is 0 Å². The SMILES string of the molecule is C=CCOC[C@H](COS(=O)(=O)c1ccc(C)cc1)Oc1c(Cl)c(C)c(-c2c(-c3ccc(F)cc3)sc3ncnc(O[C@H](Cc4cc(O)ccc4OCc4ccnc(-c5ccccc5OCCOCCOCCOC)n4)C(=O)OCC)c23)c(C)c1Cl. The Balaban J connectivity index is 1.09. The molecule has 0 aliphatic carbocycles. The van der Waals surface area contributed by atoms with Crippen LogP contribution in [-0.4, -0.2) is 125 Å². The van der Waals surface area contributed by atoms with Crippen LogP contribution >= 0.6 is 34.5 Å². The molecule has 3 heterocycles. The first-order valence-corrected chi connectivity index (χ1v) is 29.9. The highest BCUT2D eigenvalue weighted by atomic mass is 35.5. The predicted octanol–water partition coefficient (Wildman–Crippen LogP) is 12.1. The monoisotopic (exact) mass is 1240 g/mol. The molecule has 18 nitrogen and oxygen atoms in total. The standard InChI is InChI=1S/C62H63Cl2FN4O14S2/c1-7-25-77-35-46(36-81-85(72,73)47-20-13-38(3)14-21-47)82-57-55(63)39(4)52(40(5)56(57)64)53-54-60(67-37-68-61(54)84-58(53)41-15-17-43(65)18-16-41)83-51(62(71)78-8-2)33-42-32-45(70)19-22-49(42)80-34-44-23-24-66-59(69-44)48-11-9-10-12-50(48)79-31-30-76-29-28-75-27-26-74-6/h7,9-24,32,37,46,51,70H,1,8,25-31,33-36H2,2-6H3/t46-,51-/m1/s1. The van der Waals surface area contributed by atoms with Crippen LogP contribution in [0.3, 0.4) is 0 Å². The summed E-state index contributed by atoms with van der Waals surface area (Å²) in [4.78, 5) is 33.7. The first-order valence-electron chi connectivity index (χ1n) is 26.9. The maximum Gasteiger partial charge on any atom is 0.347 e. The molecule has 0 bridgehead atoms. The molecular formula is C62H63Cl2FN4O14S2. The number of carbonyl (C=O) groups excluding carboxylic acids is 1. The average Bonchev–Trinajstić information content (AvgIpc) is 1.75. The smallest absolute Gasteiger partial charge is 0.347 e. The zero-order valence-corrected chi connectivity index (χ0v) is 50.5. The number of methoxy groups -OCH3 is 1. The Kier molecular flexibility index (Phi) is 23.0. The van der Waals surface area contributed by atoms with E-state index in [0.29, 0.717) is 110 Å². The molecule has 2 atom stereocenters. The number of benzene rings is 5. The summed E-state index contributed by atoms with van der Waals surface area (Å²) >= 11 is 15.8. The number of aromatic hydroxyl groups is 1. The lowest BCUT2D eigenvalue weighted by atomic mass is 9.92. The summed E-state index contributed by atoms with van der Waals surface area (Å²) in [5, 5.41) is 11.4. The van der Waals surface area contributed by atoms with Crippen molar-refractivity contribution in [3.8, 4) is 61.8 Å². The molecule has 23 heteroatoms. The van der Waals surface area contributed by atoms with Crippen LogP contribution in [-0.2, 0) is 55.8 Å². The minimum Gasteiger partial charge on any atom is -0.508 e. The fourth-order valence-corrected chi connectivity index (χ4v) is 11.4. The Morgan fingerprint density at radius 3 is 2.24 bits per heavy atom. The number of carbonyl (C=O) groups is 1. The highest BCUT2D eigenvalue weighted by Crippen LogP contribution is 2.53. The molecule has 0 saturated heterocycles. The topological polar surface area (TPSA) is 215 Å². The summed E-state index contributed by atoms with van der Waals surface area (Å²) in [6.07, 6.45) is 1.82. The van der Waals surface area contributed by atoms with Crippen molar-refractivity contribution in [2.75, 3.05) is 73.2 Å². The minimum absolute atomic E-state index is 0.00251. The number of para-hydroxylation sites is 1. The molecule has 448 valence electrons. The van der Waals surface area contributed by atoms with E-state index in [4.69, 9.17) is 75.0 Å². The molecule has 3 aromatic heterocycles. The van der Waals surface area contributed by atoms with Gasteiger partial charge in [-0.1, -0.05) is 71.2 Å². The molecule has 0 saturated carbocycles. The largest absolute Gasteiger partial charge is 0.508 e. The molecule has 0 aliphatic rings. The molecule has 0 fully saturated rings. The Hall–Kier alpha value is -7.31. The zero-order chi connectivity index (χ0) is 60.5. The van der Waals surface area contributed by atoms with E-state index in [-0.39, 0.29) is 71.8 Å². The summed E-state index contributed by atoms with van der Waals surface area (Å²) in [7, 11) is -2.61. The van der Waals surface area contributed by atoms with E-state index in [1.165, 1.54) is 60.1 Å². The number of hydrogen-bond donors (Lipinski definition) is 1. The highest BCUT2D eigenvalue weighted by Gasteiger charge is 2.32. The molecule has 0 aliphatic heterocycles. The molecular weight excluding hydrogens is 1180 g/mol. The van der Waals surface area contributed by atoms with Crippen LogP contribution in [0, 0.1) is 26.6 Å². The number of nitrogens with zero attached hydrogens (tertiary/aromatic N) is 4. The number of thiophene rings is 1. The molecule has 0 unspecified atom stereocenters. The van der Waals surface area contributed by atoms with Gasteiger partial charge in [0.05, 0.1) is 84.4 Å². The van der Waals surface area contributed by atoms with Crippen LogP contribution in [0.15, 0.2) is 127 Å². The first-order chi connectivity index (χ1) is 41.1. The van der Waals surface area contributed by atoms with E-state index in [1.807, 2.05) is 31.2 Å². The van der Waals surface area contributed by atoms with Crippen LogP contribution in [0.4, 0.5) is 4.39 Å². The van der Waals surface area contributed by atoms with Gasteiger partial charge in [0.15, 0.2) is 11.6 Å². The number of hydrogen-bond acceptors (Lipinski definition) is 19. The van der Waals surface area contributed by atoms with Crippen molar-refractivity contribution < 1.29 is 69.5 Å². The minimum atomic E-state index is -4.22. The molecule has 0 radical (unpaired) electrons. The maximum absolute atomic E-state index is 14.6. The van der Waals surface area contributed by atoms with Gasteiger partial charge >= 0.3 is 5.97 Å². The summed E-state index contributed by atoms with van der Waals surface area (Å²) in [5.41, 5.74) is 4.92. The van der Waals surface area contributed by atoms with Crippen molar-refractivity contribution in [1.29, 1.82) is 0 Å². The van der Waals surface area contributed by atoms with Gasteiger partial charge in [-0.05, 0) is 111 Å². The zero-order valence-electron chi connectivity index (χ0n) is 47.3. The fourth-order valence-electron chi connectivity index (χ4n) is 8.78. The molecule has 8 rings (SSSR count). The lowest BCUT2D eigenvalue weighted by molar-refractivity contribution is -0.151. The molecule has 0 amide bonds. The van der Waals surface area contributed by atoms with Crippen LogP contribution in [0.1, 0.15) is 34.9 Å². The van der Waals surface area contributed by atoms with Gasteiger partial charge in [-0.2, -0.15) is 8.42 Å². The van der Waals surface area contributed by atoms with Gasteiger partial charge in [-0.3, -0.25) is 4.18 Å². The van der Waals surface area contributed by atoms with Crippen LogP contribution in [0.25, 0.3) is 43.2 Å². The van der Waals surface area contributed by atoms with Crippen molar-refractivity contribution in [3.63, 3.8) is 0 Å². The second-order valence-corrected chi connectivity index (χ2v) is 22.3. The number of esters is 1. The van der Waals surface area contributed by atoms with E-state index < -0.39 is 40.7 Å². The number of fused-ring (bicyclic) bond motifs is 1. The van der Waals surface area contributed by atoms with Crippen LogP contribution in [0.5, 0.6) is 28.9 Å². The quantitative estimate of drug-likeness (QED) is 0.0179. The summed E-state index contributed by atoms with van der Waals surface area (Å²) in [5.74, 6) is -0.0712. The first kappa shape index (κ1) is 63.7. The van der Waals surface area contributed by atoms with Crippen molar-refractivity contribution >= 4 is 60.8 Å². The third-order valence-electron chi connectivity index (χ3n) is 12.9. The molecule has 0 spiro atoms. The summed E-state index contributed by atoms with van der Waals surface area (Å²) < 4.78 is 99.7. The third kappa shape index (κ3) is 16.6. The number of ether oxygens (including phenoxy) is 9. The van der Waals surface area contributed by atoms with E-state index in [0.717, 1.165) is 5.56 Å². The van der Waals surface area contributed by atoms with E-state index in [9.17, 15) is 22.7 Å². The van der Waals surface area contributed by atoms with Crippen molar-refractivity contribution in [3.05, 3.63) is 166 Å². The van der Waals surface area contributed by atoms with Crippen molar-refractivity contribution in [1.82, 2.24) is 19.9 Å². The number of aryl methyl sites for hydroxylation is 1. The fraction of sp³-hybridized carbons (Fsp3) is 0.306. The normalized spacial score (nSPS) is 12.2. The van der Waals surface area contributed by atoms with Crippen LogP contribution in [0.2, 0.25) is 10.0 Å². The molecule has 85 heavy (non-hydrogen) atoms. The van der Waals surface area contributed by atoms with Gasteiger partial charge in [0.25, 0.3) is 10.1 Å². The average molecular weight is 1240 g/mol. The third-order valence-corrected chi connectivity index (χ3v) is 16.3. The van der Waals surface area contributed by atoms with E-state index >= 15 is 0 Å². The van der Waals surface area contributed by atoms with E-state index in [1.54, 1.807) is 70.5 Å². The molecule has 5 aromatic carbocycles. The summed E-state index contributed by atoms with van der Waals surface area (Å²) in [6.45, 7) is 12.6. The second kappa shape index (κ2) is 30.7. The van der Waals surface area contributed by atoms with E-state index in [2.05, 4.69) is 21.5 Å². The van der Waals surface area contributed by atoms with Gasteiger partial charge in [0.1, 0.15) is 60.1 Å². The second-order valence-electron chi connectivity index (χ2n) is 18.9. The molecule has 8 aromatic rings.